The van der Waals surface area contributed by atoms with Gasteiger partial charge in [0.25, 0.3) is 0 Å². The highest BCUT2D eigenvalue weighted by Crippen LogP contribution is 2.46. The first-order chi connectivity index (χ1) is 28.8. The molecule has 0 spiro atoms. The summed E-state index contributed by atoms with van der Waals surface area (Å²) in [6, 6.07) is 38.0. The third kappa shape index (κ3) is 10.7. The fourth-order valence-electron chi connectivity index (χ4n) is 7.10. The Morgan fingerprint density at radius 3 is 1.78 bits per heavy atom. The van der Waals surface area contributed by atoms with Crippen LogP contribution in [0.5, 0.6) is 5.75 Å². The van der Waals surface area contributed by atoms with Crippen molar-refractivity contribution < 1.29 is 41.6 Å². The van der Waals surface area contributed by atoms with E-state index in [-0.39, 0.29) is 55.8 Å². The zero-order valence-corrected chi connectivity index (χ0v) is 37.3. The standard InChI is InChI=1S/C49H57ClF2O7Si/c1-8-54-41-27-24-37(43(51)44(41)52)28-38-29-39(25-26-40(38)50)49(53-5)47(57-32-36-22-16-11-17-23-36)46(56-31-35-20-14-10-15-21-35)45(55-30-34-18-12-9-13-19-34)42(59-49)33-58-60(6,7)48(2,3)4/h9-27,29,42,45-47H,8,28,30-33H2,1-7H3/t42-,45-,46+,47-,49+/m1/s1. The summed E-state index contributed by atoms with van der Waals surface area (Å²) in [6.07, 6.45) is -3.17. The van der Waals surface area contributed by atoms with Crippen LogP contribution in [0.15, 0.2) is 121 Å². The number of benzene rings is 5. The van der Waals surface area contributed by atoms with Crippen LogP contribution in [0.3, 0.4) is 0 Å². The molecule has 0 saturated carbocycles. The predicted octanol–water partition coefficient (Wildman–Crippen LogP) is 11.6. The van der Waals surface area contributed by atoms with Gasteiger partial charge in [-0.1, -0.05) is 136 Å². The van der Waals surface area contributed by atoms with E-state index in [2.05, 4.69) is 33.9 Å². The van der Waals surface area contributed by atoms with Gasteiger partial charge in [-0.2, -0.15) is 4.39 Å². The molecule has 7 nitrogen and oxygen atoms in total. The Hall–Kier alpha value is -3.97. The molecule has 0 bridgehead atoms. The zero-order valence-electron chi connectivity index (χ0n) is 35.6. The summed E-state index contributed by atoms with van der Waals surface area (Å²) in [6.45, 7) is 13.8. The van der Waals surface area contributed by atoms with Crippen LogP contribution in [0.1, 0.15) is 61.1 Å². The number of hydrogen-bond acceptors (Lipinski definition) is 7. The minimum atomic E-state index is -2.33. The SMILES string of the molecule is CCOc1ccc(Cc2cc([C@]3(OC)O[C@H](CO[Si](C)(C)C(C)(C)C)[C@@H](OCc4ccccc4)[C@H](OCc4ccccc4)[C@H]3OCc3ccccc3)ccc2Cl)c(F)c1F. The van der Waals surface area contributed by atoms with Crippen molar-refractivity contribution in [1.82, 2.24) is 0 Å². The van der Waals surface area contributed by atoms with E-state index in [1.807, 2.05) is 103 Å². The molecule has 6 rings (SSSR count). The molecule has 0 N–H and O–H groups in total. The molecule has 320 valence electrons. The summed E-state index contributed by atoms with van der Waals surface area (Å²) in [5.41, 5.74) is 4.05. The van der Waals surface area contributed by atoms with E-state index in [1.165, 1.54) is 12.1 Å². The molecule has 60 heavy (non-hydrogen) atoms. The normalized spacial score (nSPS) is 20.9. The van der Waals surface area contributed by atoms with Crippen LogP contribution in [0.2, 0.25) is 23.2 Å². The lowest BCUT2D eigenvalue weighted by molar-refractivity contribution is -0.384. The molecule has 0 unspecified atom stereocenters. The molecule has 1 saturated heterocycles. The van der Waals surface area contributed by atoms with Gasteiger partial charge in [0.1, 0.15) is 24.4 Å². The van der Waals surface area contributed by atoms with Crippen LogP contribution in [-0.2, 0) is 60.1 Å². The van der Waals surface area contributed by atoms with Crippen LogP contribution in [-0.4, -0.2) is 53.1 Å². The maximum absolute atomic E-state index is 15.5. The average molecular weight is 860 g/mol. The van der Waals surface area contributed by atoms with Crippen molar-refractivity contribution in [3.05, 3.63) is 171 Å². The van der Waals surface area contributed by atoms with E-state index in [0.29, 0.717) is 16.1 Å². The van der Waals surface area contributed by atoms with Gasteiger partial charge in [-0.05, 0) is 71.1 Å². The van der Waals surface area contributed by atoms with Gasteiger partial charge in [0.05, 0.1) is 33.0 Å². The second kappa shape index (κ2) is 20.3. The lowest BCUT2D eigenvalue weighted by Crippen LogP contribution is -2.66. The molecule has 0 amide bonds. The summed E-state index contributed by atoms with van der Waals surface area (Å²) in [5, 5.41) is 0.265. The third-order valence-corrected chi connectivity index (χ3v) is 16.4. The van der Waals surface area contributed by atoms with E-state index in [9.17, 15) is 0 Å². The second-order valence-electron chi connectivity index (χ2n) is 16.6. The lowest BCUT2D eigenvalue weighted by atomic mass is 9.86. The Labute approximate surface area is 360 Å². The summed E-state index contributed by atoms with van der Waals surface area (Å²) in [5.74, 6) is -3.84. The lowest BCUT2D eigenvalue weighted by Gasteiger charge is -2.52. The number of rotatable bonds is 18. The molecule has 1 aliphatic heterocycles. The van der Waals surface area contributed by atoms with Crippen molar-refractivity contribution in [2.75, 3.05) is 20.3 Å². The molecular weight excluding hydrogens is 802 g/mol. The smallest absolute Gasteiger partial charge is 0.225 e. The number of hydrogen-bond donors (Lipinski definition) is 0. The van der Waals surface area contributed by atoms with Gasteiger partial charge in [-0.15, -0.1) is 0 Å². The van der Waals surface area contributed by atoms with Crippen molar-refractivity contribution in [1.29, 1.82) is 0 Å². The van der Waals surface area contributed by atoms with Crippen LogP contribution in [0, 0.1) is 11.6 Å². The van der Waals surface area contributed by atoms with E-state index >= 15 is 8.78 Å². The Morgan fingerprint density at radius 2 is 1.25 bits per heavy atom. The Bertz CT molecular complexity index is 2120. The van der Waals surface area contributed by atoms with E-state index in [1.54, 1.807) is 20.1 Å². The molecule has 0 radical (unpaired) electrons. The van der Waals surface area contributed by atoms with Gasteiger partial charge in [-0.25, -0.2) is 4.39 Å². The van der Waals surface area contributed by atoms with Gasteiger partial charge in [0.15, 0.2) is 19.9 Å². The molecule has 5 aromatic carbocycles. The summed E-state index contributed by atoms with van der Waals surface area (Å²) in [7, 11) is -0.762. The van der Waals surface area contributed by atoms with Crippen LogP contribution in [0.4, 0.5) is 8.78 Å². The first kappa shape index (κ1) is 45.6. The van der Waals surface area contributed by atoms with Crippen LogP contribution < -0.4 is 4.74 Å². The van der Waals surface area contributed by atoms with E-state index in [4.69, 9.17) is 44.4 Å². The maximum atomic E-state index is 15.5. The Kier molecular flexibility index (Phi) is 15.4. The van der Waals surface area contributed by atoms with Gasteiger partial charge < -0.3 is 32.8 Å². The van der Waals surface area contributed by atoms with Gasteiger partial charge in [0, 0.05) is 24.1 Å². The van der Waals surface area contributed by atoms with Crippen molar-refractivity contribution in [3.8, 4) is 5.75 Å². The molecule has 1 aliphatic rings. The molecular formula is C49H57ClF2O7Si. The summed E-state index contributed by atoms with van der Waals surface area (Å²) in [4.78, 5) is 0. The molecule has 5 aromatic rings. The topological polar surface area (TPSA) is 64.6 Å². The Balaban J connectivity index is 1.49. The predicted molar refractivity (Wildman–Crippen MR) is 234 cm³/mol. The molecule has 1 fully saturated rings. The van der Waals surface area contributed by atoms with Crippen molar-refractivity contribution >= 4 is 19.9 Å². The molecule has 11 heteroatoms. The molecule has 0 aliphatic carbocycles. The number of methoxy groups -OCH3 is 1. The number of halogens is 3. The Morgan fingerprint density at radius 1 is 0.700 bits per heavy atom. The first-order valence-corrected chi connectivity index (χ1v) is 23.8. The highest BCUT2D eigenvalue weighted by atomic mass is 35.5. The summed E-state index contributed by atoms with van der Waals surface area (Å²) < 4.78 is 77.6. The quantitative estimate of drug-likeness (QED) is 0.0813. The van der Waals surface area contributed by atoms with E-state index < -0.39 is 50.2 Å². The fourth-order valence-corrected chi connectivity index (χ4v) is 8.30. The summed E-state index contributed by atoms with van der Waals surface area (Å²) >= 11 is 6.85. The van der Waals surface area contributed by atoms with Crippen molar-refractivity contribution in [3.63, 3.8) is 0 Å². The van der Waals surface area contributed by atoms with Gasteiger partial charge in [0.2, 0.25) is 11.6 Å². The monoisotopic (exact) mass is 858 g/mol. The largest absolute Gasteiger partial charge is 0.491 e. The highest BCUT2D eigenvalue weighted by molar-refractivity contribution is 6.74. The van der Waals surface area contributed by atoms with Gasteiger partial charge >= 0.3 is 0 Å². The second-order valence-corrected chi connectivity index (χ2v) is 21.8. The highest BCUT2D eigenvalue weighted by Gasteiger charge is 2.59. The number of ether oxygens (including phenoxy) is 6. The average Bonchev–Trinajstić information content (AvgIpc) is 3.25. The molecule has 0 aromatic heterocycles. The maximum Gasteiger partial charge on any atom is 0.225 e. The zero-order chi connectivity index (χ0) is 42.9. The third-order valence-electron chi connectivity index (χ3n) is 11.5. The van der Waals surface area contributed by atoms with Gasteiger partial charge in [-0.3, -0.25) is 0 Å². The fraction of sp³-hybridized carbons (Fsp3) is 0.388. The minimum absolute atomic E-state index is 0.0220. The minimum Gasteiger partial charge on any atom is -0.491 e. The van der Waals surface area contributed by atoms with Crippen LogP contribution >= 0.6 is 11.6 Å². The first-order valence-electron chi connectivity index (χ1n) is 20.5. The molecule has 1 heterocycles. The molecule has 5 atom stereocenters. The van der Waals surface area contributed by atoms with E-state index in [0.717, 1.165) is 16.7 Å². The van der Waals surface area contributed by atoms with Crippen molar-refractivity contribution in [2.24, 2.45) is 0 Å². The van der Waals surface area contributed by atoms with Crippen molar-refractivity contribution in [2.45, 2.75) is 102 Å². The van der Waals surface area contributed by atoms with Crippen LogP contribution in [0.25, 0.3) is 0 Å².